The molecule has 0 unspecified atom stereocenters. The van der Waals surface area contributed by atoms with Crippen LogP contribution in [0.3, 0.4) is 0 Å². The summed E-state index contributed by atoms with van der Waals surface area (Å²) in [6.45, 7) is 5.92. The molecule has 3 atom stereocenters. The molecule has 32 heavy (non-hydrogen) atoms. The zero-order chi connectivity index (χ0) is 23.6. The Labute approximate surface area is 189 Å². The van der Waals surface area contributed by atoms with E-state index in [4.69, 9.17) is 9.47 Å². The highest BCUT2D eigenvalue weighted by Crippen LogP contribution is 2.45. The van der Waals surface area contributed by atoms with Gasteiger partial charge in [-0.3, -0.25) is 9.59 Å². The highest BCUT2D eigenvalue weighted by atomic mass is 16.5. The molecular formula is C25H32N2O5. The van der Waals surface area contributed by atoms with Crippen molar-refractivity contribution in [2.24, 2.45) is 11.8 Å². The maximum Gasteiger partial charge on any atom is 0.336 e. The first kappa shape index (κ1) is 23.6. The minimum atomic E-state index is -0.893. The predicted octanol–water partition coefficient (Wildman–Crippen LogP) is 3.32. The van der Waals surface area contributed by atoms with Crippen LogP contribution >= 0.6 is 0 Å². The summed E-state index contributed by atoms with van der Waals surface area (Å²) in [4.78, 5) is 41.2. The van der Waals surface area contributed by atoms with Gasteiger partial charge in [0, 0.05) is 42.7 Å². The van der Waals surface area contributed by atoms with Gasteiger partial charge in [-0.2, -0.15) is 0 Å². The molecule has 1 N–H and O–H groups in total. The Morgan fingerprint density at radius 2 is 1.84 bits per heavy atom. The number of hydrogen-bond donors (Lipinski definition) is 1. The van der Waals surface area contributed by atoms with E-state index in [1.54, 1.807) is 0 Å². The quantitative estimate of drug-likeness (QED) is 0.537. The lowest BCUT2D eigenvalue weighted by atomic mass is 9.69. The van der Waals surface area contributed by atoms with Gasteiger partial charge in [-0.05, 0) is 43.4 Å². The Morgan fingerprint density at radius 1 is 1.19 bits per heavy atom. The molecule has 0 fully saturated rings. The van der Waals surface area contributed by atoms with Crippen LogP contribution in [0.5, 0.6) is 0 Å². The summed E-state index contributed by atoms with van der Waals surface area (Å²) in [5.41, 5.74) is 4.09. The molecule has 7 nitrogen and oxygen atoms in total. The standard InChI is InChI=1S/C25H32N2O5/c1-7-12-32-25(30)20-15(3)26-18-13-14(2)19(24(29)31-6)23(28)22(18)21(20)16-8-10-17(11-9-16)27(4)5/h8-11,14,19,21,26H,7,12-13H2,1-6H3/t14-,19+,21+/m1/s1. The largest absolute Gasteiger partial charge is 0.468 e. The van der Waals surface area contributed by atoms with Gasteiger partial charge in [0.25, 0.3) is 0 Å². The highest BCUT2D eigenvalue weighted by Gasteiger charge is 2.47. The van der Waals surface area contributed by atoms with Crippen molar-refractivity contribution in [2.75, 3.05) is 32.7 Å². The van der Waals surface area contributed by atoms with E-state index in [2.05, 4.69) is 5.32 Å². The van der Waals surface area contributed by atoms with E-state index in [0.717, 1.165) is 16.9 Å². The van der Waals surface area contributed by atoms with Crippen LogP contribution in [0.15, 0.2) is 46.8 Å². The summed E-state index contributed by atoms with van der Waals surface area (Å²) >= 11 is 0. The van der Waals surface area contributed by atoms with Gasteiger partial charge in [-0.15, -0.1) is 0 Å². The number of rotatable bonds is 6. The highest BCUT2D eigenvalue weighted by molar-refractivity contribution is 6.12. The number of methoxy groups -OCH3 is 1. The van der Waals surface area contributed by atoms with Crippen LogP contribution in [-0.2, 0) is 23.9 Å². The van der Waals surface area contributed by atoms with E-state index < -0.39 is 23.8 Å². The van der Waals surface area contributed by atoms with Gasteiger partial charge in [-0.25, -0.2) is 4.79 Å². The predicted molar refractivity (Wildman–Crippen MR) is 122 cm³/mol. The second-order valence-corrected chi connectivity index (χ2v) is 8.66. The lowest BCUT2D eigenvalue weighted by Gasteiger charge is -2.38. The first-order valence-corrected chi connectivity index (χ1v) is 11.0. The average Bonchev–Trinajstić information content (AvgIpc) is 2.76. The number of nitrogens with one attached hydrogen (secondary N) is 1. The lowest BCUT2D eigenvalue weighted by molar-refractivity contribution is -0.151. The molecule has 7 heteroatoms. The fraction of sp³-hybridized carbons (Fsp3) is 0.480. The maximum absolute atomic E-state index is 13.6. The summed E-state index contributed by atoms with van der Waals surface area (Å²) in [6.07, 6.45) is 1.21. The Kier molecular flexibility index (Phi) is 7.06. The summed E-state index contributed by atoms with van der Waals surface area (Å²) in [7, 11) is 5.19. The van der Waals surface area contributed by atoms with E-state index in [9.17, 15) is 14.4 Å². The number of allylic oxidation sites excluding steroid dienone is 3. The lowest BCUT2D eigenvalue weighted by Crippen LogP contribution is -2.43. The maximum atomic E-state index is 13.6. The molecule has 0 amide bonds. The first-order chi connectivity index (χ1) is 15.2. The molecule has 1 aromatic carbocycles. The Bertz CT molecular complexity index is 975. The number of ketones is 1. The SMILES string of the molecule is CCCOC(=O)C1=C(C)NC2=C(C(=O)[C@@H](C(=O)OC)[C@H](C)C2)[C@H]1c1ccc(N(C)C)cc1. The van der Waals surface area contributed by atoms with Crippen LogP contribution in [0, 0.1) is 11.8 Å². The topological polar surface area (TPSA) is 84.9 Å². The minimum Gasteiger partial charge on any atom is -0.468 e. The number of carbonyl (C=O) groups excluding carboxylic acids is 3. The number of nitrogens with zero attached hydrogens (tertiary/aromatic N) is 1. The molecule has 2 aliphatic rings. The number of esters is 2. The molecule has 1 heterocycles. The van der Waals surface area contributed by atoms with Crippen LogP contribution in [0.2, 0.25) is 0 Å². The van der Waals surface area contributed by atoms with Crippen LogP contribution < -0.4 is 10.2 Å². The van der Waals surface area contributed by atoms with Crippen molar-refractivity contribution in [2.45, 2.75) is 39.5 Å². The summed E-state index contributed by atoms with van der Waals surface area (Å²) in [6, 6.07) is 7.76. The van der Waals surface area contributed by atoms with Crippen LogP contribution in [0.4, 0.5) is 5.69 Å². The van der Waals surface area contributed by atoms with E-state index in [1.165, 1.54) is 7.11 Å². The van der Waals surface area contributed by atoms with Gasteiger partial charge < -0.3 is 19.7 Å². The number of benzene rings is 1. The molecule has 0 spiro atoms. The molecule has 3 rings (SSSR count). The Hall–Kier alpha value is -3.09. The molecule has 0 bridgehead atoms. The van der Waals surface area contributed by atoms with Crippen molar-refractivity contribution < 1.29 is 23.9 Å². The van der Waals surface area contributed by atoms with Crippen molar-refractivity contribution in [3.05, 3.63) is 52.4 Å². The third kappa shape index (κ3) is 4.29. The number of ether oxygens (including phenoxy) is 2. The second kappa shape index (κ2) is 9.59. The first-order valence-electron chi connectivity index (χ1n) is 11.0. The van der Waals surface area contributed by atoms with Gasteiger partial charge in [0.15, 0.2) is 5.78 Å². The van der Waals surface area contributed by atoms with Gasteiger partial charge in [0.1, 0.15) is 5.92 Å². The van der Waals surface area contributed by atoms with Crippen molar-refractivity contribution in [3.8, 4) is 0 Å². The molecule has 0 saturated carbocycles. The minimum absolute atomic E-state index is 0.209. The molecule has 0 radical (unpaired) electrons. The van der Waals surface area contributed by atoms with Gasteiger partial charge in [-0.1, -0.05) is 26.0 Å². The second-order valence-electron chi connectivity index (χ2n) is 8.66. The van der Waals surface area contributed by atoms with Crippen LogP contribution in [-0.4, -0.2) is 45.5 Å². The van der Waals surface area contributed by atoms with Crippen LogP contribution in [0.1, 0.15) is 45.1 Å². The summed E-state index contributed by atoms with van der Waals surface area (Å²) < 4.78 is 10.4. The van der Waals surface area contributed by atoms with Gasteiger partial charge >= 0.3 is 11.9 Å². The number of dihydropyridines is 1. The van der Waals surface area contributed by atoms with Gasteiger partial charge in [0.2, 0.25) is 0 Å². The molecule has 0 aromatic heterocycles. The normalized spacial score (nSPS) is 22.8. The molecular weight excluding hydrogens is 408 g/mol. The number of anilines is 1. The molecule has 1 aromatic rings. The third-order valence-electron chi connectivity index (χ3n) is 6.14. The van der Waals surface area contributed by atoms with E-state index in [1.807, 2.05) is 64.0 Å². The van der Waals surface area contributed by atoms with Crippen molar-refractivity contribution >= 4 is 23.4 Å². The monoisotopic (exact) mass is 440 g/mol. The average molecular weight is 441 g/mol. The zero-order valence-electron chi connectivity index (χ0n) is 19.7. The number of carbonyl (C=O) groups is 3. The molecule has 1 aliphatic heterocycles. The van der Waals surface area contributed by atoms with E-state index in [-0.39, 0.29) is 11.7 Å². The van der Waals surface area contributed by atoms with E-state index in [0.29, 0.717) is 36.3 Å². The van der Waals surface area contributed by atoms with Gasteiger partial charge in [0.05, 0.1) is 19.3 Å². The van der Waals surface area contributed by atoms with Crippen molar-refractivity contribution in [1.82, 2.24) is 5.32 Å². The van der Waals surface area contributed by atoms with E-state index >= 15 is 0 Å². The molecule has 0 saturated heterocycles. The van der Waals surface area contributed by atoms with Crippen molar-refractivity contribution in [3.63, 3.8) is 0 Å². The Morgan fingerprint density at radius 3 is 2.41 bits per heavy atom. The third-order valence-corrected chi connectivity index (χ3v) is 6.14. The fourth-order valence-corrected chi connectivity index (χ4v) is 4.52. The fourth-order valence-electron chi connectivity index (χ4n) is 4.52. The van der Waals surface area contributed by atoms with Crippen LogP contribution in [0.25, 0.3) is 0 Å². The summed E-state index contributed by atoms with van der Waals surface area (Å²) in [5.74, 6) is -3.01. The zero-order valence-corrected chi connectivity index (χ0v) is 19.7. The molecule has 172 valence electrons. The number of hydrogen-bond acceptors (Lipinski definition) is 7. The Balaban J connectivity index is 2.15. The smallest absolute Gasteiger partial charge is 0.336 e. The molecule has 1 aliphatic carbocycles. The summed E-state index contributed by atoms with van der Waals surface area (Å²) in [5, 5.41) is 3.27. The van der Waals surface area contributed by atoms with Crippen molar-refractivity contribution in [1.29, 1.82) is 0 Å². The number of Topliss-reactive ketones (excluding diaryl/α,β-unsaturated/α-hetero) is 1.